The van der Waals surface area contributed by atoms with Gasteiger partial charge >= 0.3 is 6.03 Å². The van der Waals surface area contributed by atoms with Gasteiger partial charge in [-0.1, -0.05) is 35.9 Å². The maximum absolute atomic E-state index is 11.9. The van der Waals surface area contributed by atoms with Gasteiger partial charge in [0.05, 0.1) is 0 Å². The van der Waals surface area contributed by atoms with E-state index in [0.29, 0.717) is 18.1 Å². The molecule has 0 heterocycles. The molecule has 3 rings (SSSR count). The Balaban J connectivity index is 1.45. The summed E-state index contributed by atoms with van der Waals surface area (Å²) in [5, 5.41) is 9.14. The van der Waals surface area contributed by atoms with Gasteiger partial charge in [0.1, 0.15) is 0 Å². The largest absolute Gasteiger partial charge is 0.334 e. The molecule has 0 aromatic heterocycles. The molecule has 130 valence electrons. The van der Waals surface area contributed by atoms with Crippen molar-refractivity contribution in [1.29, 1.82) is 0 Å². The predicted molar refractivity (Wildman–Crippen MR) is 98.3 cm³/mol. The Morgan fingerprint density at radius 2 is 1.60 bits per heavy atom. The molecule has 3 amide bonds. The highest BCUT2D eigenvalue weighted by molar-refractivity contribution is 6.30. The quantitative estimate of drug-likeness (QED) is 0.738. The molecule has 0 aliphatic heterocycles. The number of benzene rings is 2. The first-order valence-electron chi connectivity index (χ1n) is 8.26. The van der Waals surface area contributed by atoms with Gasteiger partial charge in [0, 0.05) is 29.7 Å². The van der Waals surface area contributed by atoms with E-state index in [1.807, 2.05) is 42.5 Å². The van der Waals surface area contributed by atoms with Gasteiger partial charge in [-0.05, 0) is 48.2 Å². The van der Waals surface area contributed by atoms with Crippen molar-refractivity contribution in [3.05, 3.63) is 64.7 Å². The Bertz CT molecular complexity index is 775. The number of carbonyl (C=O) groups excluding carboxylic acids is 2. The first-order chi connectivity index (χ1) is 12.1. The SMILES string of the molecule is O=C(NCc1cccc(Cl)c1)NCc1cccc(NC(=O)C2CC2)c1. The minimum absolute atomic E-state index is 0.0735. The molecule has 0 radical (unpaired) electrons. The van der Waals surface area contributed by atoms with Crippen LogP contribution in [-0.2, 0) is 17.9 Å². The van der Waals surface area contributed by atoms with Crippen LogP contribution in [0.1, 0.15) is 24.0 Å². The number of halogens is 1. The predicted octanol–water partition coefficient (Wildman–Crippen LogP) is 3.69. The van der Waals surface area contributed by atoms with E-state index in [-0.39, 0.29) is 17.9 Å². The van der Waals surface area contributed by atoms with Gasteiger partial charge in [0.25, 0.3) is 0 Å². The number of hydrogen-bond acceptors (Lipinski definition) is 2. The molecule has 0 spiro atoms. The molecular formula is C19H20ClN3O2. The van der Waals surface area contributed by atoms with Crippen LogP contribution >= 0.6 is 11.6 Å². The molecule has 1 aliphatic rings. The summed E-state index contributed by atoms with van der Waals surface area (Å²) in [6.07, 6.45) is 1.94. The summed E-state index contributed by atoms with van der Waals surface area (Å²) in [5.74, 6) is 0.239. The molecule has 2 aromatic rings. The molecule has 2 aromatic carbocycles. The van der Waals surface area contributed by atoms with Crippen LogP contribution in [0, 0.1) is 5.92 Å². The van der Waals surface area contributed by atoms with Gasteiger partial charge < -0.3 is 16.0 Å². The van der Waals surface area contributed by atoms with Crippen molar-refractivity contribution < 1.29 is 9.59 Å². The number of rotatable bonds is 6. The summed E-state index contributed by atoms with van der Waals surface area (Å²) in [6.45, 7) is 0.790. The summed E-state index contributed by atoms with van der Waals surface area (Å²) in [6, 6.07) is 14.6. The van der Waals surface area contributed by atoms with Gasteiger partial charge in [-0.3, -0.25) is 4.79 Å². The second-order valence-corrected chi connectivity index (χ2v) is 6.57. The Morgan fingerprint density at radius 1 is 0.960 bits per heavy atom. The topological polar surface area (TPSA) is 70.2 Å². The third kappa shape index (κ3) is 5.50. The molecule has 0 atom stereocenters. The molecule has 1 fully saturated rings. The average molecular weight is 358 g/mol. The normalized spacial score (nSPS) is 13.2. The minimum atomic E-state index is -0.257. The molecule has 0 saturated heterocycles. The van der Waals surface area contributed by atoms with Crippen molar-refractivity contribution in [3.8, 4) is 0 Å². The third-order valence-electron chi connectivity index (χ3n) is 3.94. The number of carbonyl (C=O) groups is 2. The fourth-order valence-electron chi connectivity index (χ4n) is 2.42. The lowest BCUT2D eigenvalue weighted by Gasteiger charge is -2.10. The number of urea groups is 1. The van der Waals surface area contributed by atoms with E-state index in [0.717, 1.165) is 29.7 Å². The van der Waals surface area contributed by atoms with Crippen LogP contribution in [0.3, 0.4) is 0 Å². The maximum Gasteiger partial charge on any atom is 0.315 e. The van der Waals surface area contributed by atoms with Gasteiger partial charge in [-0.15, -0.1) is 0 Å². The van der Waals surface area contributed by atoms with Crippen molar-refractivity contribution in [2.45, 2.75) is 25.9 Å². The average Bonchev–Trinajstić information content (AvgIpc) is 3.44. The van der Waals surface area contributed by atoms with E-state index in [1.165, 1.54) is 0 Å². The van der Waals surface area contributed by atoms with Gasteiger partial charge in [-0.2, -0.15) is 0 Å². The zero-order chi connectivity index (χ0) is 17.6. The highest BCUT2D eigenvalue weighted by Gasteiger charge is 2.29. The standard InChI is InChI=1S/C19H20ClN3O2/c20-16-5-1-3-13(9-16)11-21-19(25)22-12-14-4-2-6-17(10-14)23-18(24)15-7-8-15/h1-6,9-10,15H,7-8,11-12H2,(H,23,24)(H2,21,22,25). The number of hydrogen-bond donors (Lipinski definition) is 3. The molecule has 0 bridgehead atoms. The second kappa shape index (κ2) is 8.03. The first kappa shape index (κ1) is 17.3. The highest BCUT2D eigenvalue weighted by Crippen LogP contribution is 2.30. The van der Waals surface area contributed by atoms with E-state index < -0.39 is 0 Å². The molecule has 3 N–H and O–H groups in total. The summed E-state index contributed by atoms with van der Waals surface area (Å²) in [5.41, 5.74) is 2.62. The minimum Gasteiger partial charge on any atom is -0.334 e. The Kier molecular flexibility index (Phi) is 5.56. The lowest BCUT2D eigenvalue weighted by Crippen LogP contribution is -2.34. The van der Waals surface area contributed by atoms with E-state index in [2.05, 4.69) is 16.0 Å². The van der Waals surface area contributed by atoms with E-state index in [1.54, 1.807) is 6.07 Å². The van der Waals surface area contributed by atoms with Crippen molar-refractivity contribution in [2.24, 2.45) is 5.92 Å². The Hall–Kier alpha value is -2.53. The summed E-state index contributed by atoms with van der Waals surface area (Å²) in [4.78, 5) is 23.7. The van der Waals surface area contributed by atoms with Gasteiger partial charge in [0.15, 0.2) is 0 Å². The molecular weight excluding hydrogens is 338 g/mol. The van der Waals surface area contributed by atoms with Crippen molar-refractivity contribution in [2.75, 3.05) is 5.32 Å². The summed E-state index contributed by atoms with van der Waals surface area (Å²) < 4.78 is 0. The van der Waals surface area contributed by atoms with E-state index >= 15 is 0 Å². The van der Waals surface area contributed by atoms with Crippen LogP contribution in [0.4, 0.5) is 10.5 Å². The zero-order valence-corrected chi connectivity index (χ0v) is 14.5. The summed E-state index contributed by atoms with van der Waals surface area (Å²) >= 11 is 5.92. The fraction of sp³-hybridized carbons (Fsp3) is 0.263. The monoisotopic (exact) mass is 357 g/mol. The summed E-state index contributed by atoms with van der Waals surface area (Å²) in [7, 11) is 0. The lowest BCUT2D eigenvalue weighted by atomic mass is 10.2. The zero-order valence-electron chi connectivity index (χ0n) is 13.7. The highest BCUT2D eigenvalue weighted by atomic mass is 35.5. The van der Waals surface area contributed by atoms with E-state index in [9.17, 15) is 9.59 Å². The third-order valence-corrected chi connectivity index (χ3v) is 4.17. The Morgan fingerprint density at radius 3 is 2.24 bits per heavy atom. The molecule has 0 unspecified atom stereocenters. The number of amides is 3. The van der Waals surface area contributed by atoms with Gasteiger partial charge in [0.2, 0.25) is 5.91 Å². The second-order valence-electron chi connectivity index (χ2n) is 6.13. The molecule has 5 nitrogen and oxygen atoms in total. The van der Waals surface area contributed by atoms with Crippen LogP contribution in [0.5, 0.6) is 0 Å². The van der Waals surface area contributed by atoms with Crippen molar-refractivity contribution in [1.82, 2.24) is 10.6 Å². The first-order valence-corrected chi connectivity index (χ1v) is 8.64. The number of anilines is 1. The van der Waals surface area contributed by atoms with Gasteiger partial charge in [-0.25, -0.2) is 4.79 Å². The Labute approximate surface area is 151 Å². The molecule has 1 aliphatic carbocycles. The van der Waals surface area contributed by atoms with Crippen molar-refractivity contribution in [3.63, 3.8) is 0 Å². The molecule has 1 saturated carbocycles. The van der Waals surface area contributed by atoms with E-state index in [4.69, 9.17) is 11.6 Å². The fourth-order valence-corrected chi connectivity index (χ4v) is 2.64. The van der Waals surface area contributed by atoms with Crippen LogP contribution in [0.25, 0.3) is 0 Å². The van der Waals surface area contributed by atoms with Crippen molar-refractivity contribution >= 4 is 29.2 Å². The molecule has 25 heavy (non-hydrogen) atoms. The van der Waals surface area contributed by atoms with Crippen LogP contribution in [-0.4, -0.2) is 11.9 Å². The van der Waals surface area contributed by atoms with Crippen LogP contribution in [0.2, 0.25) is 5.02 Å². The maximum atomic E-state index is 11.9. The van der Waals surface area contributed by atoms with Crippen LogP contribution < -0.4 is 16.0 Å². The number of nitrogens with one attached hydrogen (secondary N) is 3. The van der Waals surface area contributed by atoms with Crippen LogP contribution in [0.15, 0.2) is 48.5 Å². The smallest absolute Gasteiger partial charge is 0.315 e. The lowest BCUT2D eigenvalue weighted by molar-refractivity contribution is -0.117. The molecule has 6 heteroatoms.